The number of pyridine rings is 1. The van der Waals surface area contributed by atoms with Gasteiger partial charge in [0.2, 0.25) is 0 Å². The summed E-state index contributed by atoms with van der Waals surface area (Å²) in [6, 6.07) is 1.71. The summed E-state index contributed by atoms with van der Waals surface area (Å²) < 4.78 is 0. The third-order valence-electron chi connectivity index (χ3n) is 1.71. The maximum Gasteiger partial charge on any atom is 0.337 e. The molecule has 1 aromatic heterocycles. The van der Waals surface area contributed by atoms with Gasteiger partial charge < -0.3 is 10.4 Å². The van der Waals surface area contributed by atoms with Crippen molar-refractivity contribution < 1.29 is 9.90 Å². The van der Waals surface area contributed by atoms with Crippen LogP contribution in [0.15, 0.2) is 18.5 Å². The maximum absolute atomic E-state index is 10.7. The summed E-state index contributed by atoms with van der Waals surface area (Å²) in [6.45, 7) is 3.36. The Kier molecular flexibility index (Phi) is 3.40. The van der Waals surface area contributed by atoms with Crippen LogP contribution in [0, 0.1) is 0 Å². The van der Waals surface area contributed by atoms with Crippen molar-refractivity contribution in [2.45, 2.75) is 13.5 Å². The molecule has 0 aliphatic carbocycles. The summed E-state index contributed by atoms with van der Waals surface area (Å²) in [5.41, 5.74) is 1.04. The Bertz CT molecular complexity index is 299. The predicted octanol–water partition coefficient (Wildman–Crippen LogP) is 0.889. The molecule has 0 amide bonds. The first-order chi connectivity index (χ1) is 6.25. The molecule has 0 unspecified atom stereocenters. The minimum Gasteiger partial charge on any atom is -0.478 e. The second-order valence-corrected chi connectivity index (χ2v) is 2.62. The van der Waals surface area contributed by atoms with E-state index < -0.39 is 5.97 Å². The molecule has 1 rings (SSSR count). The zero-order chi connectivity index (χ0) is 9.68. The highest BCUT2D eigenvalue weighted by atomic mass is 16.4. The van der Waals surface area contributed by atoms with Crippen molar-refractivity contribution in [1.29, 1.82) is 0 Å². The molecule has 1 heterocycles. The summed E-state index contributed by atoms with van der Waals surface area (Å²) >= 11 is 0. The number of hydrogen-bond acceptors (Lipinski definition) is 3. The third kappa shape index (κ3) is 2.52. The van der Waals surface area contributed by atoms with Crippen molar-refractivity contribution in [3.05, 3.63) is 29.6 Å². The second-order valence-electron chi connectivity index (χ2n) is 2.62. The molecule has 0 aromatic carbocycles. The van der Waals surface area contributed by atoms with E-state index in [9.17, 15) is 4.79 Å². The Balaban J connectivity index is 2.84. The molecule has 0 spiro atoms. The molecule has 0 saturated heterocycles. The van der Waals surface area contributed by atoms with Gasteiger partial charge in [-0.15, -0.1) is 0 Å². The molecule has 0 radical (unpaired) electrons. The maximum atomic E-state index is 10.7. The predicted molar refractivity (Wildman–Crippen MR) is 48.6 cm³/mol. The first-order valence-electron chi connectivity index (χ1n) is 4.12. The van der Waals surface area contributed by atoms with Crippen LogP contribution in [0.4, 0.5) is 0 Å². The summed E-state index contributed by atoms with van der Waals surface area (Å²) in [5, 5.41) is 11.9. The average molecular weight is 180 g/mol. The molecule has 0 aliphatic heterocycles. The minimum atomic E-state index is -0.930. The molecule has 13 heavy (non-hydrogen) atoms. The van der Waals surface area contributed by atoms with Crippen molar-refractivity contribution in [2.75, 3.05) is 6.54 Å². The average Bonchev–Trinajstić information content (AvgIpc) is 2.15. The van der Waals surface area contributed by atoms with E-state index in [2.05, 4.69) is 10.3 Å². The van der Waals surface area contributed by atoms with Gasteiger partial charge in [0, 0.05) is 18.9 Å². The lowest BCUT2D eigenvalue weighted by Crippen LogP contribution is -2.15. The number of aromatic carboxylic acids is 1. The number of carboxylic acid groups (broad SMARTS) is 1. The van der Waals surface area contributed by atoms with E-state index in [0.717, 1.165) is 12.1 Å². The monoisotopic (exact) mass is 180 g/mol. The number of carboxylic acids is 1. The van der Waals surface area contributed by atoms with Gasteiger partial charge in [0.15, 0.2) is 0 Å². The third-order valence-corrected chi connectivity index (χ3v) is 1.71. The van der Waals surface area contributed by atoms with E-state index in [1.54, 1.807) is 12.3 Å². The Labute approximate surface area is 76.6 Å². The first kappa shape index (κ1) is 9.67. The zero-order valence-electron chi connectivity index (χ0n) is 7.45. The van der Waals surface area contributed by atoms with Crippen LogP contribution in [0.3, 0.4) is 0 Å². The topological polar surface area (TPSA) is 62.2 Å². The second kappa shape index (κ2) is 4.57. The van der Waals surface area contributed by atoms with Crippen LogP contribution in [-0.4, -0.2) is 22.6 Å². The van der Waals surface area contributed by atoms with Gasteiger partial charge in [-0.05, 0) is 18.2 Å². The van der Waals surface area contributed by atoms with Crippen molar-refractivity contribution in [3.63, 3.8) is 0 Å². The molecule has 0 atom stereocenters. The molecule has 1 aromatic rings. The Hall–Kier alpha value is -1.42. The highest BCUT2D eigenvalue weighted by Gasteiger charge is 2.08. The molecule has 0 bridgehead atoms. The Morgan fingerprint density at radius 2 is 2.46 bits per heavy atom. The molecule has 0 fully saturated rings. The summed E-state index contributed by atoms with van der Waals surface area (Å²) in [5.74, 6) is -0.930. The van der Waals surface area contributed by atoms with E-state index in [0.29, 0.717) is 6.54 Å². The molecule has 0 saturated carbocycles. The van der Waals surface area contributed by atoms with Gasteiger partial charge in [0.1, 0.15) is 0 Å². The number of rotatable bonds is 4. The van der Waals surface area contributed by atoms with Gasteiger partial charge in [-0.2, -0.15) is 0 Å². The van der Waals surface area contributed by atoms with Gasteiger partial charge in [-0.25, -0.2) is 4.79 Å². The highest BCUT2D eigenvalue weighted by molar-refractivity contribution is 5.88. The van der Waals surface area contributed by atoms with Crippen LogP contribution >= 0.6 is 0 Å². The van der Waals surface area contributed by atoms with E-state index in [1.807, 2.05) is 6.92 Å². The zero-order valence-corrected chi connectivity index (χ0v) is 7.45. The standard InChI is InChI=1S/C9H12N2O2/c1-2-10-5-7-3-4-11-6-8(7)9(12)13/h3-4,6,10H,2,5H2,1H3,(H,12,13). The lowest BCUT2D eigenvalue weighted by atomic mass is 10.1. The minimum absolute atomic E-state index is 0.267. The highest BCUT2D eigenvalue weighted by Crippen LogP contribution is 2.05. The number of aromatic nitrogens is 1. The van der Waals surface area contributed by atoms with E-state index >= 15 is 0 Å². The number of nitrogens with zero attached hydrogens (tertiary/aromatic N) is 1. The number of nitrogens with one attached hydrogen (secondary N) is 1. The lowest BCUT2D eigenvalue weighted by Gasteiger charge is -2.04. The van der Waals surface area contributed by atoms with Crippen LogP contribution in [0.1, 0.15) is 22.8 Å². The normalized spacial score (nSPS) is 9.92. The van der Waals surface area contributed by atoms with Gasteiger partial charge in [-0.3, -0.25) is 4.98 Å². The van der Waals surface area contributed by atoms with Crippen molar-refractivity contribution in [2.24, 2.45) is 0 Å². The van der Waals surface area contributed by atoms with Gasteiger partial charge in [-0.1, -0.05) is 6.92 Å². The molecule has 4 heteroatoms. The van der Waals surface area contributed by atoms with Crippen molar-refractivity contribution in [1.82, 2.24) is 10.3 Å². The van der Waals surface area contributed by atoms with Crippen LogP contribution in [0.5, 0.6) is 0 Å². The number of carbonyl (C=O) groups is 1. The Morgan fingerprint density at radius 3 is 3.08 bits per heavy atom. The SMILES string of the molecule is CCNCc1ccncc1C(=O)O. The summed E-state index contributed by atoms with van der Waals surface area (Å²) in [6.07, 6.45) is 2.97. The van der Waals surface area contributed by atoms with Crippen molar-refractivity contribution in [3.8, 4) is 0 Å². The molecular weight excluding hydrogens is 168 g/mol. The smallest absolute Gasteiger partial charge is 0.337 e. The van der Waals surface area contributed by atoms with Crippen LogP contribution < -0.4 is 5.32 Å². The molecule has 4 nitrogen and oxygen atoms in total. The van der Waals surface area contributed by atoms with Crippen LogP contribution in [0.25, 0.3) is 0 Å². The van der Waals surface area contributed by atoms with Crippen molar-refractivity contribution >= 4 is 5.97 Å². The summed E-state index contributed by atoms with van der Waals surface area (Å²) in [4.78, 5) is 14.5. The lowest BCUT2D eigenvalue weighted by molar-refractivity contribution is 0.0695. The molecule has 0 aliphatic rings. The van der Waals surface area contributed by atoms with E-state index in [-0.39, 0.29) is 5.56 Å². The fourth-order valence-electron chi connectivity index (χ4n) is 1.03. The fraction of sp³-hybridized carbons (Fsp3) is 0.333. The van der Waals surface area contributed by atoms with Gasteiger partial charge in [0.05, 0.1) is 5.56 Å². The summed E-state index contributed by atoms with van der Waals surface area (Å²) in [7, 11) is 0. The molecule has 70 valence electrons. The Morgan fingerprint density at radius 1 is 1.69 bits per heavy atom. The molecule has 2 N–H and O–H groups in total. The van der Waals surface area contributed by atoms with E-state index in [1.165, 1.54) is 6.20 Å². The van der Waals surface area contributed by atoms with Crippen LogP contribution in [0.2, 0.25) is 0 Å². The number of hydrogen-bond donors (Lipinski definition) is 2. The largest absolute Gasteiger partial charge is 0.478 e. The van der Waals surface area contributed by atoms with E-state index in [4.69, 9.17) is 5.11 Å². The fourth-order valence-corrected chi connectivity index (χ4v) is 1.03. The van der Waals surface area contributed by atoms with Gasteiger partial charge >= 0.3 is 5.97 Å². The quantitative estimate of drug-likeness (QED) is 0.722. The van der Waals surface area contributed by atoms with Gasteiger partial charge in [0.25, 0.3) is 0 Å². The first-order valence-corrected chi connectivity index (χ1v) is 4.12. The van der Waals surface area contributed by atoms with Crippen LogP contribution in [-0.2, 0) is 6.54 Å². The molecular formula is C9H12N2O2.